The smallest absolute Gasteiger partial charge is 0.251 e. The Morgan fingerprint density at radius 1 is 1.00 bits per heavy atom. The second-order valence-electron chi connectivity index (χ2n) is 8.24. The van der Waals surface area contributed by atoms with Crippen molar-refractivity contribution >= 4 is 15.9 Å². The molecule has 1 aliphatic heterocycles. The summed E-state index contributed by atoms with van der Waals surface area (Å²) in [6.45, 7) is 7.58. The normalized spacial score (nSPS) is 15.0. The summed E-state index contributed by atoms with van der Waals surface area (Å²) in [5, 5.41) is 0. The molecule has 186 valence electrons. The first-order chi connectivity index (χ1) is 16.3. The summed E-state index contributed by atoms with van der Waals surface area (Å²) in [7, 11) is -2.06. The molecule has 34 heavy (non-hydrogen) atoms. The maximum atomic E-state index is 12.8. The molecule has 10 heteroatoms. The van der Waals surface area contributed by atoms with Crippen LogP contribution >= 0.6 is 0 Å². The summed E-state index contributed by atoms with van der Waals surface area (Å²) < 4.78 is 33.3. The van der Waals surface area contributed by atoms with Crippen LogP contribution in [0, 0.1) is 0 Å². The Morgan fingerprint density at radius 3 is 2.24 bits per heavy atom. The molecule has 0 aliphatic carbocycles. The number of aromatic nitrogens is 1. The Hall–Kier alpha value is -2.69. The van der Waals surface area contributed by atoms with Crippen molar-refractivity contribution in [3.8, 4) is 5.75 Å². The van der Waals surface area contributed by atoms with Gasteiger partial charge < -0.3 is 14.2 Å². The second-order valence-corrected chi connectivity index (χ2v) is 10.2. The first kappa shape index (κ1) is 25.9. The lowest BCUT2D eigenvalue weighted by Gasteiger charge is -2.35. The predicted octanol–water partition coefficient (Wildman–Crippen LogP) is 1.27. The number of hydrogen-bond donors (Lipinski definition) is 0. The highest BCUT2D eigenvalue weighted by atomic mass is 32.2. The van der Waals surface area contributed by atoms with Crippen LogP contribution in [0.2, 0.25) is 0 Å². The fourth-order valence-corrected chi connectivity index (χ4v) is 5.52. The molecular formula is C24H34N4O5S. The summed E-state index contributed by atoms with van der Waals surface area (Å²) in [6, 6.07) is 10.5. The van der Waals surface area contributed by atoms with Gasteiger partial charge in [-0.3, -0.25) is 14.5 Å². The Kier molecular flexibility index (Phi) is 8.87. The molecule has 1 aromatic carbocycles. The van der Waals surface area contributed by atoms with Crippen LogP contribution in [-0.2, 0) is 27.8 Å². The molecular weight excluding hydrogens is 456 g/mol. The first-order valence-electron chi connectivity index (χ1n) is 11.6. The summed E-state index contributed by atoms with van der Waals surface area (Å²) in [5.41, 5.74) is 0.836. The third kappa shape index (κ3) is 6.25. The van der Waals surface area contributed by atoms with Crippen molar-refractivity contribution in [1.29, 1.82) is 0 Å². The second kappa shape index (κ2) is 11.6. The number of ether oxygens (including phenoxy) is 1. The predicted molar refractivity (Wildman–Crippen MR) is 131 cm³/mol. The van der Waals surface area contributed by atoms with E-state index in [1.54, 1.807) is 25.9 Å². The molecule has 2 aromatic rings. The van der Waals surface area contributed by atoms with Crippen molar-refractivity contribution < 1.29 is 17.9 Å². The monoisotopic (exact) mass is 490 g/mol. The molecule has 0 saturated carbocycles. The summed E-state index contributed by atoms with van der Waals surface area (Å²) in [6.07, 6.45) is 2.19. The molecule has 0 atom stereocenters. The number of rotatable bonds is 10. The maximum Gasteiger partial charge on any atom is 0.251 e. The number of sulfonamides is 1. The fourth-order valence-electron chi connectivity index (χ4n) is 4.04. The average Bonchev–Trinajstić information content (AvgIpc) is 2.85. The number of carbonyl (C=O) groups is 1. The highest BCUT2D eigenvalue weighted by Gasteiger charge is 2.24. The summed E-state index contributed by atoms with van der Waals surface area (Å²) in [5.74, 6) is 0.653. The van der Waals surface area contributed by atoms with Gasteiger partial charge in [-0.25, -0.2) is 8.42 Å². The molecule has 0 bridgehead atoms. The van der Waals surface area contributed by atoms with Crippen LogP contribution in [0.25, 0.3) is 0 Å². The van der Waals surface area contributed by atoms with Crippen molar-refractivity contribution in [3.05, 3.63) is 58.5 Å². The molecule has 9 nitrogen and oxygen atoms in total. The van der Waals surface area contributed by atoms with E-state index < -0.39 is 15.6 Å². The molecule has 1 aliphatic rings. The van der Waals surface area contributed by atoms with Gasteiger partial charge in [0.1, 0.15) is 12.3 Å². The molecule has 1 aromatic heterocycles. The van der Waals surface area contributed by atoms with Gasteiger partial charge in [0.05, 0.1) is 12.0 Å². The molecule has 0 N–H and O–H groups in total. The topological polar surface area (TPSA) is 92.2 Å². The maximum absolute atomic E-state index is 12.8. The van der Waals surface area contributed by atoms with Crippen LogP contribution < -0.4 is 10.3 Å². The van der Waals surface area contributed by atoms with Crippen LogP contribution in [0.15, 0.2) is 52.3 Å². The van der Waals surface area contributed by atoms with Crippen LogP contribution in [0.1, 0.15) is 19.4 Å². The zero-order valence-corrected chi connectivity index (χ0v) is 21.0. The van der Waals surface area contributed by atoms with Crippen LogP contribution in [0.3, 0.4) is 0 Å². The molecule has 2 heterocycles. The lowest BCUT2D eigenvalue weighted by atomic mass is 10.1. The van der Waals surface area contributed by atoms with Crippen molar-refractivity contribution in [1.82, 2.24) is 18.7 Å². The Bertz CT molecular complexity index is 1120. The van der Waals surface area contributed by atoms with Gasteiger partial charge in [-0.2, -0.15) is 4.31 Å². The molecule has 3 rings (SSSR count). The highest BCUT2D eigenvalue weighted by molar-refractivity contribution is 7.89. The number of nitrogens with zero attached hydrogens (tertiary/aromatic N) is 4. The first-order valence-corrected chi connectivity index (χ1v) is 13.1. The van der Waals surface area contributed by atoms with Crippen molar-refractivity contribution in [2.24, 2.45) is 0 Å². The minimum absolute atomic E-state index is 0.0203. The lowest BCUT2D eigenvalue weighted by molar-refractivity contribution is -0.133. The van der Waals surface area contributed by atoms with Gasteiger partial charge >= 0.3 is 0 Å². The largest absolute Gasteiger partial charge is 0.497 e. The minimum Gasteiger partial charge on any atom is -0.497 e. The average molecular weight is 491 g/mol. The van der Waals surface area contributed by atoms with E-state index in [1.807, 2.05) is 12.1 Å². The van der Waals surface area contributed by atoms with E-state index in [2.05, 4.69) is 17.0 Å². The van der Waals surface area contributed by atoms with Gasteiger partial charge in [0, 0.05) is 58.1 Å². The third-order valence-electron chi connectivity index (χ3n) is 6.21. The summed E-state index contributed by atoms with van der Waals surface area (Å²) in [4.78, 5) is 29.2. The third-order valence-corrected chi connectivity index (χ3v) is 8.24. The highest BCUT2D eigenvalue weighted by Crippen LogP contribution is 2.15. The van der Waals surface area contributed by atoms with Crippen molar-refractivity contribution in [2.45, 2.75) is 31.7 Å². The van der Waals surface area contributed by atoms with Gasteiger partial charge in [0.15, 0.2) is 0 Å². The summed E-state index contributed by atoms with van der Waals surface area (Å²) >= 11 is 0. The van der Waals surface area contributed by atoms with Crippen LogP contribution in [0.4, 0.5) is 0 Å². The van der Waals surface area contributed by atoms with Crippen LogP contribution in [-0.4, -0.2) is 85.9 Å². The Labute approximate surface area is 201 Å². The lowest BCUT2D eigenvalue weighted by Crippen LogP contribution is -2.50. The SMILES string of the molecule is CCN(CC)S(=O)(=O)c1ccc(=O)n(CC(=O)N2CCN(CCc3ccc(OC)cc3)CC2)c1. The van der Waals surface area contributed by atoms with E-state index in [4.69, 9.17) is 4.74 Å². The Morgan fingerprint density at radius 2 is 1.65 bits per heavy atom. The van der Waals surface area contributed by atoms with E-state index in [-0.39, 0.29) is 17.3 Å². The molecule has 0 spiro atoms. The number of piperazine rings is 1. The van der Waals surface area contributed by atoms with Crippen LogP contribution in [0.5, 0.6) is 5.75 Å². The van der Waals surface area contributed by atoms with Gasteiger partial charge in [0.25, 0.3) is 5.56 Å². The Balaban J connectivity index is 1.56. The molecule has 0 unspecified atom stereocenters. The number of hydrogen-bond acceptors (Lipinski definition) is 6. The number of amides is 1. The van der Waals surface area contributed by atoms with Gasteiger partial charge in [-0.05, 0) is 30.2 Å². The van der Waals surface area contributed by atoms with E-state index in [0.29, 0.717) is 26.2 Å². The van der Waals surface area contributed by atoms with Gasteiger partial charge in [0.2, 0.25) is 15.9 Å². The van der Waals surface area contributed by atoms with E-state index in [0.717, 1.165) is 31.8 Å². The number of pyridine rings is 1. The fraction of sp³-hybridized carbons (Fsp3) is 0.500. The minimum atomic E-state index is -3.71. The molecule has 1 fully saturated rings. The van der Waals surface area contributed by atoms with Crippen molar-refractivity contribution in [2.75, 3.05) is 52.9 Å². The standard InChI is InChI=1S/C24H34N4O5S/c1-4-28(5-2)34(31,32)22-10-11-23(29)27(18-22)19-24(30)26-16-14-25(15-17-26)13-12-20-6-8-21(33-3)9-7-20/h6-11,18H,4-5,12-17,19H2,1-3H3. The van der Waals surface area contributed by atoms with E-state index >= 15 is 0 Å². The molecule has 0 radical (unpaired) electrons. The number of benzene rings is 1. The van der Waals surface area contributed by atoms with Gasteiger partial charge in [-0.15, -0.1) is 0 Å². The van der Waals surface area contributed by atoms with E-state index in [9.17, 15) is 18.0 Å². The quantitative estimate of drug-likeness (QED) is 0.498. The molecule has 1 saturated heterocycles. The zero-order valence-electron chi connectivity index (χ0n) is 20.1. The number of carbonyl (C=O) groups excluding carboxylic acids is 1. The van der Waals surface area contributed by atoms with E-state index in [1.165, 1.54) is 32.8 Å². The van der Waals surface area contributed by atoms with Gasteiger partial charge in [-0.1, -0.05) is 26.0 Å². The zero-order chi connectivity index (χ0) is 24.7. The molecule has 1 amide bonds. The van der Waals surface area contributed by atoms with Crippen molar-refractivity contribution in [3.63, 3.8) is 0 Å². The number of methoxy groups -OCH3 is 1.